The number of fused-ring (bicyclic) bond motifs is 6. The van der Waals surface area contributed by atoms with Gasteiger partial charge in [-0.05, 0) is 59.7 Å². The smallest absolute Gasteiger partial charge is 0.164 e. The molecule has 50 heavy (non-hydrogen) atoms. The van der Waals surface area contributed by atoms with Gasteiger partial charge in [0.1, 0.15) is 11.2 Å². The van der Waals surface area contributed by atoms with Gasteiger partial charge in [0.25, 0.3) is 0 Å². The molecule has 0 atom stereocenters. The summed E-state index contributed by atoms with van der Waals surface area (Å²) in [7, 11) is 0. The van der Waals surface area contributed by atoms with E-state index in [4.69, 9.17) is 19.4 Å². The summed E-state index contributed by atoms with van der Waals surface area (Å²) in [6.45, 7) is 0. The maximum absolute atomic E-state index is 6.70. The molecule has 0 aliphatic heterocycles. The zero-order valence-corrected chi connectivity index (χ0v) is 27.4. The van der Waals surface area contributed by atoms with Crippen molar-refractivity contribution in [2.45, 2.75) is 0 Å². The third kappa shape index (κ3) is 4.77. The van der Waals surface area contributed by atoms with Gasteiger partial charge >= 0.3 is 0 Å². The molecule has 0 saturated heterocycles. The molecular weight excluding hydrogens is 633 g/mol. The molecule has 0 aliphatic rings. The maximum Gasteiger partial charge on any atom is 0.164 e. The number of thiophene rings is 1. The van der Waals surface area contributed by atoms with E-state index in [0.29, 0.717) is 17.5 Å². The predicted octanol–water partition coefficient (Wildman–Crippen LogP) is 11.9. The summed E-state index contributed by atoms with van der Waals surface area (Å²) >= 11 is 1.82. The second-order valence-corrected chi connectivity index (χ2v) is 13.4. The summed E-state index contributed by atoms with van der Waals surface area (Å²) in [5.41, 5.74) is 8.54. The van der Waals surface area contributed by atoms with Gasteiger partial charge in [0.2, 0.25) is 0 Å². The Bertz CT molecular complexity index is 2880. The normalized spacial score (nSPS) is 11.6. The predicted molar refractivity (Wildman–Crippen MR) is 205 cm³/mol. The number of hydrogen-bond acceptors (Lipinski definition) is 6. The van der Waals surface area contributed by atoms with E-state index in [1.54, 1.807) is 6.20 Å². The van der Waals surface area contributed by atoms with E-state index >= 15 is 0 Å². The molecule has 10 aromatic rings. The SMILES string of the molecule is c1ccc(-c2nc(-c3cccc(-c4cccnc4)c3)nc(-c3ccc(-c4ccc5sc6ccccc6c5c4)c4oc5ccccc5c34)n2)cc1. The van der Waals surface area contributed by atoms with Gasteiger partial charge in [0, 0.05) is 71.2 Å². The van der Waals surface area contributed by atoms with Crippen LogP contribution in [0.25, 0.3) is 98.5 Å². The van der Waals surface area contributed by atoms with Crippen LogP contribution in [0.1, 0.15) is 0 Å². The molecule has 0 bridgehead atoms. The van der Waals surface area contributed by atoms with Crippen LogP contribution in [0, 0.1) is 0 Å². The van der Waals surface area contributed by atoms with Crippen molar-refractivity contribution in [2.75, 3.05) is 0 Å². The molecule has 4 aromatic heterocycles. The van der Waals surface area contributed by atoms with E-state index in [1.807, 2.05) is 78.2 Å². The lowest BCUT2D eigenvalue weighted by atomic mass is 9.97. The number of rotatable bonds is 5. The molecule has 0 spiro atoms. The second-order valence-electron chi connectivity index (χ2n) is 12.3. The van der Waals surface area contributed by atoms with E-state index in [1.165, 1.54) is 20.2 Å². The largest absolute Gasteiger partial charge is 0.455 e. The number of para-hydroxylation sites is 1. The fourth-order valence-corrected chi connectivity index (χ4v) is 7.94. The van der Waals surface area contributed by atoms with Crippen LogP contribution in [0.15, 0.2) is 162 Å². The first kappa shape index (κ1) is 28.5. The summed E-state index contributed by atoms with van der Waals surface area (Å²) < 4.78 is 9.26. The zero-order chi connectivity index (χ0) is 33.0. The minimum atomic E-state index is 0.586. The van der Waals surface area contributed by atoms with Gasteiger partial charge in [-0.15, -0.1) is 11.3 Å². The van der Waals surface area contributed by atoms with Crippen LogP contribution in [-0.4, -0.2) is 19.9 Å². The summed E-state index contributed by atoms with van der Waals surface area (Å²) in [5, 5.41) is 4.52. The average Bonchev–Trinajstić information content (AvgIpc) is 3.77. The van der Waals surface area contributed by atoms with Gasteiger partial charge in [-0.2, -0.15) is 0 Å². The van der Waals surface area contributed by atoms with E-state index in [2.05, 4.69) is 89.9 Å². The summed E-state index contributed by atoms with van der Waals surface area (Å²) in [6.07, 6.45) is 3.65. The van der Waals surface area contributed by atoms with Crippen molar-refractivity contribution < 1.29 is 4.42 Å². The Hall–Kier alpha value is -6.50. The van der Waals surface area contributed by atoms with Gasteiger partial charge in [-0.25, -0.2) is 15.0 Å². The van der Waals surface area contributed by atoms with Crippen molar-refractivity contribution in [3.8, 4) is 56.4 Å². The molecule has 10 rings (SSSR count). The Kier molecular flexibility index (Phi) is 6.60. The lowest BCUT2D eigenvalue weighted by molar-refractivity contribution is 0.670. The van der Waals surface area contributed by atoms with Crippen LogP contribution in [0.2, 0.25) is 0 Å². The Morgan fingerprint density at radius 2 is 1.14 bits per heavy atom. The Morgan fingerprint density at radius 1 is 0.440 bits per heavy atom. The highest BCUT2D eigenvalue weighted by Crippen LogP contribution is 2.43. The molecule has 0 amide bonds. The lowest BCUT2D eigenvalue weighted by Crippen LogP contribution is -2.00. The van der Waals surface area contributed by atoms with Gasteiger partial charge in [0.05, 0.1) is 0 Å². The molecule has 6 aromatic carbocycles. The minimum Gasteiger partial charge on any atom is -0.455 e. The standard InChI is InChI=1S/C44H26N4OS/c1-2-10-27(11-3-1)42-46-43(30-13-8-12-28(24-30)31-14-9-23-45-26-31)48-44(47-42)35-21-20-32(41-40(35)34-16-4-6-17-37(34)49-41)29-19-22-39-36(25-29)33-15-5-7-18-38(33)50-39/h1-26H. The highest BCUT2D eigenvalue weighted by atomic mass is 32.1. The maximum atomic E-state index is 6.70. The van der Waals surface area contributed by atoms with Crippen molar-refractivity contribution in [1.82, 2.24) is 19.9 Å². The molecule has 4 heterocycles. The van der Waals surface area contributed by atoms with E-state index in [-0.39, 0.29) is 0 Å². The Balaban J connectivity index is 1.20. The molecular formula is C44H26N4OS. The van der Waals surface area contributed by atoms with E-state index in [9.17, 15) is 0 Å². The third-order valence-electron chi connectivity index (χ3n) is 9.24. The summed E-state index contributed by atoms with van der Waals surface area (Å²) in [5.74, 6) is 1.79. The first-order chi connectivity index (χ1) is 24.8. The van der Waals surface area contributed by atoms with Crippen molar-refractivity contribution in [1.29, 1.82) is 0 Å². The minimum absolute atomic E-state index is 0.586. The molecule has 234 valence electrons. The molecule has 0 unspecified atom stereocenters. The highest BCUT2D eigenvalue weighted by Gasteiger charge is 2.21. The van der Waals surface area contributed by atoms with Gasteiger partial charge in [-0.1, -0.05) is 97.1 Å². The molecule has 6 heteroatoms. The molecule has 0 saturated carbocycles. The summed E-state index contributed by atoms with van der Waals surface area (Å²) in [6, 6.07) is 50.1. The van der Waals surface area contributed by atoms with Gasteiger partial charge < -0.3 is 4.42 Å². The van der Waals surface area contributed by atoms with Crippen molar-refractivity contribution in [2.24, 2.45) is 0 Å². The third-order valence-corrected chi connectivity index (χ3v) is 10.4. The van der Waals surface area contributed by atoms with Crippen LogP contribution in [0.3, 0.4) is 0 Å². The quantitative estimate of drug-likeness (QED) is 0.184. The van der Waals surface area contributed by atoms with Crippen LogP contribution >= 0.6 is 11.3 Å². The highest BCUT2D eigenvalue weighted by molar-refractivity contribution is 7.25. The van der Waals surface area contributed by atoms with Crippen molar-refractivity contribution in [3.05, 3.63) is 158 Å². The molecule has 5 nitrogen and oxygen atoms in total. The number of nitrogens with zero attached hydrogens (tertiary/aromatic N) is 4. The summed E-state index contributed by atoms with van der Waals surface area (Å²) in [4.78, 5) is 19.6. The van der Waals surface area contributed by atoms with Crippen LogP contribution in [0.4, 0.5) is 0 Å². The van der Waals surface area contributed by atoms with Crippen LogP contribution in [-0.2, 0) is 0 Å². The Morgan fingerprint density at radius 3 is 2.02 bits per heavy atom. The van der Waals surface area contributed by atoms with E-state index < -0.39 is 0 Å². The molecule has 0 N–H and O–H groups in total. The molecule has 0 aliphatic carbocycles. The van der Waals surface area contributed by atoms with Crippen LogP contribution < -0.4 is 0 Å². The monoisotopic (exact) mass is 658 g/mol. The topological polar surface area (TPSA) is 64.7 Å². The number of pyridine rings is 1. The fraction of sp³-hybridized carbons (Fsp3) is 0. The van der Waals surface area contributed by atoms with Gasteiger partial charge in [-0.3, -0.25) is 4.98 Å². The van der Waals surface area contributed by atoms with Crippen LogP contribution in [0.5, 0.6) is 0 Å². The zero-order valence-electron chi connectivity index (χ0n) is 26.6. The lowest BCUT2D eigenvalue weighted by Gasteiger charge is -2.11. The first-order valence-electron chi connectivity index (χ1n) is 16.5. The Labute approximate surface area is 291 Å². The fourth-order valence-electron chi connectivity index (χ4n) is 6.85. The number of aromatic nitrogens is 4. The van der Waals surface area contributed by atoms with Gasteiger partial charge in [0.15, 0.2) is 17.5 Å². The second kappa shape index (κ2) is 11.6. The number of benzene rings is 6. The molecule has 0 radical (unpaired) electrons. The van der Waals surface area contributed by atoms with Crippen molar-refractivity contribution >= 4 is 53.4 Å². The molecule has 0 fully saturated rings. The first-order valence-corrected chi connectivity index (χ1v) is 17.3. The van der Waals surface area contributed by atoms with E-state index in [0.717, 1.165) is 60.9 Å². The average molecular weight is 659 g/mol. The number of furan rings is 1. The number of hydrogen-bond donors (Lipinski definition) is 0. The van der Waals surface area contributed by atoms with Crippen molar-refractivity contribution in [3.63, 3.8) is 0 Å².